The van der Waals surface area contributed by atoms with E-state index < -0.39 is 11.8 Å². The van der Waals surface area contributed by atoms with Crippen molar-refractivity contribution in [2.75, 3.05) is 31.5 Å². The minimum atomic E-state index is -0.619. The van der Waals surface area contributed by atoms with Crippen LogP contribution in [-0.4, -0.2) is 58.7 Å². The molecule has 2 aliphatic rings. The molecule has 0 atom stereocenters. The topological polar surface area (TPSA) is 109 Å². The van der Waals surface area contributed by atoms with Gasteiger partial charge >= 0.3 is 11.8 Å². The van der Waals surface area contributed by atoms with Crippen molar-refractivity contribution in [2.45, 2.75) is 38.1 Å². The van der Waals surface area contributed by atoms with E-state index >= 15 is 0 Å². The van der Waals surface area contributed by atoms with Crippen LogP contribution in [0, 0.1) is 5.92 Å². The van der Waals surface area contributed by atoms with E-state index in [1.54, 1.807) is 22.3 Å². The second-order valence-corrected chi connectivity index (χ2v) is 11.6. The molecule has 204 valence electrons. The Labute approximate surface area is 237 Å². The van der Waals surface area contributed by atoms with Gasteiger partial charge in [0.25, 0.3) is 0 Å². The van der Waals surface area contributed by atoms with E-state index in [0.29, 0.717) is 30.3 Å². The lowest BCUT2D eigenvalue weighted by atomic mass is 9.94. The number of rotatable bonds is 6. The number of anilines is 1. The summed E-state index contributed by atoms with van der Waals surface area (Å²) < 4.78 is 0. The zero-order chi connectivity index (χ0) is 27.4. The lowest BCUT2D eigenvalue weighted by Crippen LogP contribution is -2.43. The third-order valence-corrected chi connectivity index (χ3v) is 8.75. The lowest BCUT2D eigenvalue weighted by molar-refractivity contribution is -0.143. The van der Waals surface area contributed by atoms with Gasteiger partial charge in [0.05, 0.1) is 5.69 Å². The van der Waals surface area contributed by atoms with E-state index in [1.165, 1.54) is 0 Å². The Morgan fingerprint density at radius 1 is 1.00 bits per heavy atom. The van der Waals surface area contributed by atoms with Gasteiger partial charge in [0.2, 0.25) is 5.91 Å². The molecule has 5 rings (SSSR count). The van der Waals surface area contributed by atoms with Crippen molar-refractivity contribution in [1.29, 1.82) is 0 Å². The van der Waals surface area contributed by atoms with E-state index in [4.69, 9.17) is 22.3 Å². The van der Waals surface area contributed by atoms with Gasteiger partial charge in [-0.2, -0.15) is 0 Å². The van der Waals surface area contributed by atoms with Crippen molar-refractivity contribution in [2.24, 2.45) is 11.7 Å². The van der Waals surface area contributed by atoms with Crippen LogP contribution >= 0.6 is 22.9 Å². The summed E-state index contributed by atoms with van der Waals surface area (Å²) in [5.41, 5.74) is 9.15. The molecule has 1 aromatic heterocycles. The molecule has 0 bridgehead atoms. The first-order valence-corrected chi connectivity index (χ1v) is 14.5. The number of likely N-dealkylation sites (tertiary alicyclic amines) is 2. The van der Waals surface area contributed by atoms with Crippen LogP contribution in [0.4, 0.5) is 5.69 Å². The first kappa shape index (κ1) is 27.3. The Kier molecular flexibility index (Phi) is 8.60. The van der Waals surface area contributed by atoms with Crippen LogP contribution in [0.15, 0.2) is 53.9 Å². The molecular formula is C29H32ClN5O3S. The SMILES string of the molecule is NC(=O)C1CCN(Cc2cccc(NC(=O)C(=O)N3CCC(c4csc(-c5ccc(Cl)cc5)n4)CC3)c2)CC1. The number of hydrogen-bond donors (Lipinski definition) is 2. The normalized spacial score (nSPS) is 17.2. The molecule has 2 saturated heterocycles. The molecule has 0 radical (unpaired) electrons. The zero-order valence-electron chi connectivity index (χ0n) is 21.6. The zero-order valence-corrected chi connectivity index (χ0v) is 23.2. The summed E-state index contributed by atoms with van der Waals surface area (Å²) in [6.45, 7) is 3.37. The van der Waals surface area contributed by atoms with Gasteiger partial charge in [-0.15, -0.1) is 11.3 Å². The number of piperidine rings is 2. The van der Waals surface area contributed by atoms with Gasteiger partial charge in [-0.05, 0) is 68.6 Å². The smallest absolute Gasteiger partial charge is 0.313 e. The molecule has 39 heavy (non-hydrogen) atoms. The second-order valence-electron chi connectivity index (χ2n) is 10.3. The Morgan fingerprint density at radius 2 is 1.72 bits per heavy atom. The number of aromatic nitrogens is 1. The van der Waals surface area contributed by atoms with Crippen molar-refractivity contribution in [1.82, 2.24) is 14.8 Å². The molecule has 0 unspecified atom stereocenters. The van der Waals surface area contributed by atoms with Crippen LogP contribution < -0.4 is 11.1 Å². The standard InChI is InChI=1S/C29H32ClN5O3S/c30-23-6-4-22(5-7-23)28-33-25(18-39-28)20-10-14-35(15-11-20)29(38)27(37)32-24-3-1-2-19(16-24)17-34-12-8-21(9-13-34)26(31)36/h1-7,16,18,20-21H,8-15,17H2,(H2,31,36)(H,32,37). The molecule has 10 heteroatoms. The molecule has 3 aromatic rings. The second kappa shape index (κ2) is 12.3. The Morgan fingerprint density at radius 3 is 2.41 bits per heavy atom. The Balaban J connectivity index is 1.11. The average molecular weight is 566 g/mol. The first-order valence-electron chi connectivity index (χ1n) is 13.3. The highest BCUT2D eigenvalue weighted by Gasteiger charge is 2.29. The van der Waals surface area contributed by atoms with E-state index in [0.717, 1.165) is 60.6 Å². The fourth-order valence-electron chi connectivity index (χ4n) is 5.29. The van der Waals surface area contributed by atoms with Gasteiger partial charge in [-0.1, -0.05) is 35.9 Å². The molecule has 0 spiro atoms. The van der Waals surface area contributed by atoms with Crippen molar-refractivity contribution in [3.8, 4) is 10.6 Å². The molecule has 0 saturated carbocycles. The maximum Gasteiger partial charge on any atom is 0.313 e. The van der Waals surface area contributed by atoms with Gasteiger partial charge in [0.1, 0.15) is 5.01 Å². The van der Waals surface area contributed by atoms with Crippen LogP contribution in [0.3, 0.4) is 0 Å². The summed E-state index contributed by atoms with van der Waals surface area (Å²) in [6.07, 6.45) is 3.07. The summed E-state index contributed by atoms with van der Waals surface area (Å²) in [6, 6.07) is 15.2. The van der Waals surface area contributed by atoms with E-state index in [2.05, 4.69) is 15.6 Å². The summed E-state index contributed by atoms with van der Waals surface area (Å²) in [4.78, 5) is 45.8. The predicted molar refractivity (Wildman–Crippen MR) is 153 cm³/mol. The number of amides is 3. The molecule has 2 fully saturated rings. The lowest BCUT2D eigenvalue weighted by Gasteiger charge is -2.31. The van der Waals surface area contributed by atoms with Gasteiger partial charge in [-0.3, -0.25) is 19.3 Å². The van der Waals surface area contributed by atoms with E-state index in [9.17, 15) is 14.4 Å². The predicted octanol–water partition coefficient (Wildman–Crippen LogP) is 4.51. The molecule has 3 amide bonds. The van der Waals surface area contributed by atoms with E-state index in [-0.39, 0.29) is 17.7 Å². The van der Waals surface area contributed by atoms with Crippen molar-refractivity contribution < 1.29 is 14.4 Å². The number of nitrogens with zero attached hydrogens (tertiary/aromatic N) is 3. The quantitative estimate of drug-likeness (QED) is 0.428. The maximum atomic E-state index is 12.9. The molecule has 0 aliphatic carbocycles. The van der Waals surface area contributed by atoms with Crippen LogP contribution in [0.2, 0.25) is 5.02 Å². The number of benzene rings is 2. The fourth-order valence-corrected chi connectivity index (χ4v) is 6.32. The highest BCUT2D eigenvalue weighted by molar-refractivity contribution is 7.13. The molecule has 2 aromatic carbocycles. The van der Waals surface area contributed by atoms with Crippen LogP contribution in [0.5, 0.6) is 0 Å². The third kappa shape index (κ3) is 6.84. The van der Waals surface area contributed by atoms with Crippen LogP contribution in [-0.2, 0) is 20.9 Å². The number of nitrogens with one attached hydrogen (secondary N) is 1. The average Bonchev–Trinajstić information content (AvgIpc) is 3.44. The minimum absolute atomic E-state index is 0.0451. The number of nitrogens with two attached hydrogens (primary N) is 1. The number of carbonyl (C=O) groups is 3. The third-order valence-electron chi connectivity index (χ3n) is 7.59. The van der Waals surface area contributed by atoms with Gasteiger partial charge < -0.3 is 16.0 Å². The number of halogens is 1. The maximum absolute atomic E-state index is 12.9. The highest BCUT2D eigenvalue weighted by atomic mass is 35.5. The fraction of sp³-hybridized carbons (Fsp3) is 0.379. The number of primary amides is 1. The monoisotopic (exact) mass is 565 g/mol. The summed E-state index contributed by atoms with van der Waals surface area (Å²) in [7, 11) is 0. The summed E-state index contributed by atoms with van der Waals surface area (Å²) in [5, 5.41) is 6.52. The number of thiazole rings is 1. The van der Waals surface area contributed by atoms with Crippen molar-refractivity contribution >= 4 is 46.3 Å². The van der Waals surface area contributed by atoms with Gasteiger partial charge in [0, 0.05) is 53.1 Å². The van der Waals surface area contributed by atoms with Gasteiger partial charge in [-0.25, -0.2) is 4.98 Å². The first-order chi connectivity index (χ1) is 18.9. The minimum Gasteiger partial charge on any atom is -0.369 e. The highest BCUT2D eigenvalue weighted by Crippen LogP contribution is 2.33. The van der Waals surface area contributed by atoms with Crippen molar-refractivity contribution in [3.05, 3.63) is 70.2 Å². The van der Waals surface area contributed by atoms with Crippen molar-refractivity contribution in [3.63, 3.8) is 0 Å². The number of carbonyl (C=O) groups excluding carboxylic acids is 3. The molecule has 3 heterocycles. The largest absolute Gasteiger partial charge is 0.369 e. The molecule has 8 nitrogen and oxygen atoms in total. The van der Waals surface area contributed by atoms with Crippen LogP contribution in [0.25, 0.3) is 10.6 Å². The van der Waals surface area contributed by atoms with E-state index in [1.807, 2.05) is 42.5 Å². The summed E-state index contributed by atoms with van der Waals surface area (Å²) in [5.74, 6) is -1.13. The Bertz CT molecular complexity index is 1330. The Hall–Kier alpha value is -3.27. The van der Waals surface area contributed by atoms with Crippen LogP contribution in [0.1, 0.15) is 42.9 Å². The molecule has 3 N–H and O–H groups in total. The molecule has 2 aliphatic heterocycles. The summed E-state index contributed by atoms with van der Waals surface area (Å²) >= 11 is 7.60. The molecular weight excluding hydrogens is 534 g/mol. The van der Waals surface area contributed by atoms with Gasteiger partial charge in [0.15, 0.2) is 0 Å². The number of hydrogen-bond acceptors (Lipinski definition) is 6.